The van der Waals surface area contributed by atoms with Gasteiger partial charge in [-0.15, -0.1) is 15.3 Å². The van der Waals surface area contributed by atoms with Crippen molar-refractivity contribution in [2.75, 3.05) is 44.8 Å². The molecule has 0 radical (unpaired) electrons. The molecular weight excluding hydrogens is 442 g/mol. The third-order valence-corrected chi connectivity index (χ3v) is 8.04. The highest BCUT2D eigenvalue weighted by Gasteiger charge is 2.40. The van der Waals surface area contributed by atoms with Crippen LogP contribution in [0.2, 0.25) is 0 Å². The van der Waals surface area contributed by atoms with Crippen molar-refractivity contribution in [3.8, 4) is 5.82 Å². The molecule has 2 saturated heterocycles. The molecule has 2 aromatic heterocycles. The molecule has 35 heavy (non-hydrogen) atoms. The lowest BCUT2D eigenvalue weighted by molar-refractivity contribution is -0.178. The quantitative estimate of drug-likeness (QED) is 0.665. The zero-order chi connectivity index (χ0) is 24.5. The molecule has 3 aliphatic rings. The third kappa shape index (κ3) is 5.67. The Morgan fingerprint density at radius 3 is 2.49 bits per heavy atom. The highest BCUT2D eigenvalue weighted by Crippen LogP contribution is 2.39. The summed E-state index contributed by atoms with van der Waals surface area (Å²) in [5.41, 5.74) is 0.358. The SMILES string of the molecule is Cc1nc(C(C)C)n(-c2ccc(NC3CCC(C)(CN4CCC5(CC4)COCCO5)CC3)nn2)n1. The molecule has 0 atom stereocenters. The van der Waals surface area contributed by atoms with Crippen LogP contribution in [0.4, 0.5) is 5.82 Å². The molecule has 0 unspecified atom stereocenters. The molecule has 192 valence electrons. The fourth-order valence-corrected chi connectivity index (χ4v) is 5.88. The summed E-state index contributed by atoms with van der Waals surface area (Å²) in [4.78, 5) is 7.18. The van der Waals surface area contributed by atoms with Crippen LogP contribution in [-0.2, 0) is 9.47 Å². The number of likely N-dealkylation sites (tertiary alicyclic amines) is 1. The van der Waals surface area contributed by atoms with Gasteiger partial charge >= 0.3 is 0 Å². The highest BCUT2D eigenvalue weighted by molar-refractivity contribution is 5.37. The first-order valence-electron chi connectivity index (χ1n) is 13.3. The van der Waals surface area contributed by atoms with Gasteiger partial charge in [0, 0.05) is 31.6 Å². The van der Waals surface area contributed by atoms with Gasteiger partial charge in [-0.05, 0) is 63.0 Å². The van der Waals surface area contributed by atoms with Gasteiger partial charge in [-0.2, -0.15) is 4.68 Å². The van der Waals surface area contributed by atoms with Gasteiger partial charge < -0.3 is 19.7 Å². The molecule has 0 amide bonds. The Hall–Kier alpha value is -2.10. The molecule has 0 bridgehead atoms. The Morgan fingerprint density at radius 1 is 1.09 bits per heavy atom. The molecular formula is C26H41N7O2. The largest absolute Gasteiger partial charge is 0.376 e. The summed E-state index contributed by atoms with van der Waals surface area (Å²) >= 11 is 0. The van der Waals surface area contributed by atoms with Crippen LogP contribution in [0.25, 0.3) is 5.82 Å². The molecule has 0 aromatic carbocycles. The number of rotatable bonds is 6. The summed E-state index contributed by atoms with van der Waals surface area (Å²) in [6, 6.07) is 4.44. The summed E-state index contributed by atoms with van der Waals surface area (Å²) in [5.74, 6) is 3.48. The molecule has 1 saturated carbocycles. The summed E-state index contributed by atoms with van der Waals surface area (Å²) in [6.45, 7) is 14.3. The summed E-state index contributed by atoms with van der Waals surface area (Å²) in [7, 11) is 0. The van der Waals surface area contributed by atoms with E-state index in [4.69, 9.17) is 9.47 Å². The average molecular weight is 484 g/mol. The van der Waals surface area contributed by atoms with E-state index < -0.39 is 0 Å². The maximum atomic E-state index is 6.11. The molecule has 3 fully saturated rings. The van der Waals surface area contributed by atoms with E-state index in [1.54, 1.807) is 4.68 Å². The van der Waals surface area contributed by atoms with Gasteiger partial charge in [-0.3, -0.25) is 0 Å². The van der Waals surface area contributed by atoms with Gasteiger partial charge in [0.15, 0.2) is 5.82 Å². The van der Waals surface area contributed by atoms with E-state index in [2.05, 4.69) is 51.3 Å². The van der Waals surface area contributed by atoms with E-state index in [1.165, 1.54) is 19.4 Å². The topological polar surface area (TPSA) is 90.2 Å². The van der Waals surface area contributed by atoms with Crippen molar-refractivity contribution in [1.82, 2.24) is 29.9 Å². The lowest BCUT2D eigenvalue weighted by Crippen LogP contribution is -2.53. The molecule has 4 heterocycles. The smallest absolute Gasteiger partial charge is 0.177 e. The van der Waals surface area contributed by atoms with Crippen molar-refractivity contribution in [2.24, 2.45) is 5.41 Å². The van der Waals surface area contributed by atoms with E-state index in [-0.39, 0.29) is 11.5 Å². The van der Waals surface area contributed by atoms with Crippen molar-refractivity contribution in [2.45, 2.75) is 83.8 Å². The maximum Gasteiger partial charge on any atom is 0.177 e. The second-order valence-electron chi connectivity index (χ2n) is 11.4. The standard InChI is InChI=1S/C26H41N7O2/c1-19(2)24-27-20(3)31-33(24)23-6-5-22(29-30-23)28-21-7-9-25(4,10-8-21)17-32-13-11-26(12-14-32)18-34-15-16-35-26/h5-6,19,21H,7-18H2,1-4H3,(H,28,29). The van der Waals surface area contributed by atoms with Gasteiger partial charge in [0.25, 0.3) is 0 Å². The minimum Gasteiger partial charge on any atom is -0.376 e. The number of aryl methyl sites for hydroxylation is 1. The molecule has 5 rings (SSSR count). The molecule has 1 N–H and O–H groups in total. The van der Waals surface area contributed by atoms with E-state index in [0.29, 0.717) is 17.3 Å². The van der Waals surface area contributed by atoms with Crippen LogP contribution >= 0.6 is 0 Å². The predicted octanol–water partition coefficient (Wildman–Crippen LogP) is 3.73. The van der Waals surface area contributed by atoms with Gasteiger partial charge in [0.05, 0.1) is 25.4 Å². The zero-order valence-corrected chi connectivity index (χ0v) is 21.8. The first-order chi connectivity index (χ1) is 16.8. The predicted molar refractivity (Wildman–Crippen MR) is 135 cm³/mol. The average Bonchev–Trinajstić information content (AvgIpc) is 3.25. The summed E-state index contributed by atoms with van der Waals surface area (Å²) < 4.78 is 13.6. The maximum absolute atomic E-state index is 6.11. The van der Waals surface area contributed by atoms with Crippen LogP contribution in [0.1, 0.15) is 76.9 Å². The van der Waals surface area contributed by atoms with Crippen LogP contribution < -0.4 is 5.32 Å². The van der Waals surface area contributed by atoms with Crippen molar-refractivity contribution in [1.29, 1.82) is 0 Å². The van der Waals surface area contributed by atoms with Crippen LogP contribution in [-0.4, -0.2) is 81.0 Å². The molecule has 2 aromatic rings. The molecule has 1 spiro atoms. The van der Waals surface area contributed by atoms with Crippen molar-refractivity contribution >= 4 is 5.82 Å². The lowest BCUT2D eigenvalue weighted by atomic mass is 9.73. The van der Waals surface area contributed by atoms with E-state index in [1.807, 2.05) is 19.1 Å². The van der Waals surface area contributed by atoms with Gasteiger partial charge in [0.2, 0.25) is 0 Å². The van der Waals surface area contributed by atoms with Crippen molar-refractivity contribution < 1.29 is 9.47 Å². The highest BCUT2D eigenvalue weighted by atomic mass is 16.6. The Kier molecular flexibility index (Phi) is 7.10. The fourth-order valence-electron chi connectivity index (χ4n) is 5.88. The number of anilines is 1. The minimum absolute atomic E-state index is 0.0169. The summed E-state index contributed by atoms with van der Waals surface area (Å²) in [6.07, 6.45) is 6.97. The second-order valence-corrected chi connectivity index (χ2v) is 11.4. The van der Waals surface area contributed by atoms with Crippen LogP contribution in [0.15, 0.2) is 12.1 Å². The number of nitrogens with one attached hydrogen (secondary N) is 1. The number of piperidine rings is 1. The lowest BCUT2D eigenvalue weighted by Gasteiger charge is -2.47. The Labute approximate surface area is 209 Å². The van der Waals surface area contributed by atoms with Crippen molar-refractivity contribution in [3.05, 3.63) is 23.8 Å². The molecule has 1 aliphatic carbocycles. The summed E-state index contributed by atoms with van der Waals surface area (Å²) in [5, 5.41) is 17.0. The second kappa shape index (κ2) is 10.1. The number of hydrogen-bond acceptors (Lipinski definition) is 8. The monoisotopic (exact) mass is 483 g/mol. The first-order valence-corrected chi connectivity index (χ1v) is 13.3. The molecule has 9 heteroatoms. The minimum atomic E-state index is -0.0169. The van der Waals surface area contributed by atoms with Crippen LogP contribution in [0.5, 0.6) is 0 Å². The van der Waals surface area contributed by atoms with Gasteiger partial charge in [-0.1, -0.05) is 20.8 Å². The number of ether oxygens (including phenoxy) is 2. The molecule has 2 aliphatic heterocycles. The Bertz CT molecular complexity index is 966. The Balaban J connectivity index is 1.11. The number of aromatic nitrogens is 5. The Morgan fingerprint density at radius 2 is 1.86 bits per heavy atom. The third-order valence-electron chi connectivity index (χ3n) is 8.04. The zero-order valence-electron chi connectivity index (χ0n) is 21.8. The molecule has 9 nitrogen and oxygen atoms in total. The normalized spacial score (nSPS) is 27.4. The fraction of sp³-hybridized carbons (Fsp3) is 0.769. The van der Waals surface area contributed by atoms with E-state index >= 15 is 0 Å². The van der Waals surface area contributed by atoms with Gasteiger partial charge in [0.1, 0.15) is 17.5 Å². The van der Waals surface area contributed by atoms with Crippen LogP contribution in [0, 0.1) is 12.3 Å². The number of hydrogen-bond donors (Lipinski definition) is 1. The van der Waals surface area contributed by atoms with E-state index in [0.717, 1.165) is 76.1 Å². The van der Waals surface area contributed by atoms with Gasteiger partial charge in [-0.25, -0.2) is 4.98 Å². The van der Waals surface area contributed by atoms with E-state index in [9.17, 15) is 0 Å². The van der Waals surface area contributed by atoms with Crippen molar-refractivity contribution in [3.63, 3.8) is 0 Å². The van der Waals surface area contributed by atoms with Crippen LogP contribution in [0.3, 0.4) is 0 Å². The number of nitrogens with zero attached hydrogens (tertiary/aromatic N) is 6. The first kappa shape index (κ1) is 24.6.